The molecule has 4 heteroatoms. The topological polar surface area (TPSA) is 46.5 Å². The maximum atomic E-state index is 10.2. The molecule has 7 aromatic carbocycles. The molecule has 0 bridgehead atoms. The molecule has 0 unspecified atom stereocenters. The van der Waals surface area contributed by atoms with Gasteiger partial charge in [0.1, 0.15) is 0 Å². The molecule has 3 aromatic heterocycles. The molecule has 54 heavy (non-hydrogen) atoms. The van der Waals surface area contributed by atoms with Gasteiger partial charge in [0.05, 0.1) is 50.8 Å². The van der Waals surface area contributed by atoms with Crippen molar-refractivity contribution >= 4 is 43.6 Å². The average Bonchev–Trinajstić information content (AvgIpc) is 3.72. The molecule has 254 valence electrons. The van der Waals surface area contributed by atoms with Crippen LogP contribution in [0.2, 0.25) is 0 Å². The minimum absolute atomic E-state index is 0.581. The van der Waals surface area contributed by atoms with Gasteiger partial charge < -0.3 is 9.13 Å². The van der Waals surface area contributed by atoms with E-state index in [0.717, 1.165) is 44.7 Å². The fourth-order valence-electron chi connectivity index (χ4n) is 8.25. The number of pyridine rings is 1. The van der Waals surface area contributed by atoms with Gasteiger partial charge in [-0.3, -0.25) is 4.98 Å². The van der Waals surface area contributed by atoms with Gasteiger partial charge in [0.25, 0.3) is 0 Å². The van der Waals surface area contributed by atoms with Gasteiger partial charge in [0.15, 0.2) is 0 Å². The van der Waals surface area contributed by atoms with E-state index in [2.05, 4.69) is 175 Å². The third-order valence-corrected chi connectivity index (χ3v) is 10.7. The standard InChI is InChI=1S/C50H34N4/c1-32-10-7-12-35(26-32)37-20-23-46-41(29-37)39-14-3-5-16-44(39)53(46)48-22-19-34(31-51)28-43(48)50-49(18-9-25-52-50)54-45-17-6-4-15-40(45)42-30-38(21-24-47(42)54)36-13-8-11-33(2)27-36/h3-30H,1-2H3. The molecule has 10 aromatic rings. The lowest BCUT2D eigenvalue weighted by atomic mass is 10.0. The third-order valence-electron chi connectivity index (χ3n) is 10.7. The first kappa shape index (κ1) is 31.5. The van der Waals surface area contributed by atoms with Crippen molar-refractivity contribution in [3.05, 3.63) is 187 Å². The Morgan fingerprint density at radius 3 is 1.56 bits per heavy atom. The predicted molar refractivity (Wildman–Crippen MR) is 223 cm³/mol. The van der Waals surface area contributed by atoms with Crippen molar-refractivity contribution in [1.29, 1.82) is 5.26 Å². The Labute approximate surface area is 313 Å². The van der Waals surface area contributed by atoms with Gasteiger partial charge in [0.2, 0.25) is 0 Å². The average molecular weight is 691 g/mol. The molecular weight excluding hydrogens is 657 g/mol. The number of nitrogens with zero attached hydrogens (tertiary/aromatic N) is 4. The molecule has 0 aliphatic rings. The van der Waals surface area contributed by atoms with E-state index in [-0.39, 0.29) is 0 Å². The molecule has 4 nitrogen and oxygen atoms in total. The largest absolute Gasteiger partial charge is 0.309 e. The highest BCUT2D eigenvalue weighted by Gasteiger charge is 2.22. The molecule has 0 spiro atoms. The highest BCUT2D eigenvalue weighted by atomic mass is 15.0. The van der Waals surface area contributed by atoms with Crippen LogP contribution in [0.3, 0.4) is 0 Å². The van der Waals surface area contributed by atoms with E-state index in [4.69, 9.17) is 4.98 Å². The van der Waals surface area contributed by atoms with Gasteiger partial charge >= 0.3 is 0 Å². The van der Waals surface area contributed by atoms with Crippen LogP contribution >= 0.6 is 0 Å². The molecule has 0 radical (unpaired) electrons. The molecule has 0 fully saturated rings. The van der Waals surface area contributed by atoms with Gasteiger partial charge in [0, 0.05) is 33.3 Å². The van der Waals surface area contributed by atoms with Crippen LogP contribution < -0.4 is 0 Å². The molecule has 3 heterocycles. The Morgan fingerprint density at radius 1 is 0.444 bits per heavy atom. The Kier molecular flexibility index (Phi) is 7.28. The van der Waals surface area contributed by atoms with Crippen molar-refractivity contribution in [2.24, 2.45) is 0 Å². The normalized spacial score (nSPS) is 11.5. The smallest absolute Gasteiger partial charge is 0.0991 e. The molecule has 10 rings (SSSR count). The summed E-state index contributed by atoms with van der Waals surface area (Å²) >= 11 is 0. The van der Waals surface area contributed by atoms with Crippen LogP contribution in [0, 0.1) is 25.2 Å². The fraction of sp³-hybridized carbons (Fsp3) is 0.0400. The Bertz CT molecular complexity index is 3150. The summed E-state index contributed by atoms with van der Waals surface area (Å²) in [6.07, 6.45) is 1.85. The van der Waals surface area contributed by atoms with Crippen LogP contribution in [-0.2, 0) is 0 Å². The predicted octanol–water partition coefficient (Wildman–Crippen LogP) is 12.8. The van der Waals surface area contributed by atoms with Crippen molar-refractivity contribution in [2.45, 2.75) is 13.8 Å². The highest BCUT2D eigenvalue weighted by Crippen LogP contribution is 2.41. The number of fused-ring (bicyclic) bond motifs is 6. The first-order valence-electron chi connectivity index (χ1n) is 18.3. The first-order valence-corrected chi connectivity index (χ1v) is 18.3. The van der Waals surface area contributed by atoms with Crippen molar-refractivity contribution < 1.29 is 0 Å². The van der Waals surface area contributed by atoms with Crippen LogP contribution in [0.5, 0.6) is 0 Å². The number of benzene rings is 7. The van der Waals surface area contributed by atoms with E-state index in [9.17, 15) is 5.26 Å². The molecule has 0 atom stereocenters. The van der Waals surface area contributed by atoms with E-state index in [1.165, 1.54) is 54.9 Å². The molecule has 0 aliphatic carbocycles. The minimum atomic E-state index is 0.581. The molecule has 0 saturated carbocycles. The molecule has 0 aliphatic heterocycles. The third kappa shape index (κ3) is 5.02. The quantitative estimate of drug-likeness (QED) is 0.180. The summed E-state index contributed by atoms with van der Waals surface area (Å²) in [5, 5.41) is 14.9. The maximum Gasteiger partial charge on any atom is 0.0991 e. The summed E-state index contributed by atoms with van der Waals surface area (Å²) in [6.45, 7) is 4.27. The van der Waals surface area contributed by atoms with Crippen molar-refractivity contribution in [3.8, 4) is 51.0 Å². The van der Waals surface area contributed by atoms with Crippen LogP contribution in [0.1, 0.15) is 16.7 Å². The van der Waals surface area contributed by atoms with Gasteiger partial charge in [-0.1, -0.05) is 108 Å². The van der Waals surface area contributed by atoms with E-state index in [1.54, 1.807) is 0 Å². The van der Waals surface area contributed by atoms with Gasteiger partial charge in [-0.15, -0.1) is 0 Å². The number of hydrogen-bond donors (Lipinski definition) is 0. The lowest BCUT2D eigenvalue weighted by Gasteiger charge is -2.18. The lowest BCUT2D eigenvalue weighted by Crippen LogP contribution is -2.03. The molecule has 0 N–H and O–H groups in total. The number of nitriles is 1. The summed E-state index contributed by atoms with van der Waals surface area (Å²) in [5.74, 6) is 0. The second kappa shape index (κ2) is 12.5. The summed E-state index contributed by atoms with van der Waals surface area (Å²) in [7, 11) is 0. The molecule has 0 amide bonds. The van der Waals surface area contributed by atoms with Crippen molar-refractivity contribution in [1.82, 2.24) is 14.1 Å². The summed E-state index contributed by atoms with van der Waals surface area (Å²) in [6, 6.07) is 60.5. The molecule has 0 saturated heterocycles. The number of aryl methyl sites for hydroxylation is 2. The number of para-hydroxylation sites is 2. The minimum Gasteiger partial charge on any atom is -0.309 e. The van der Waals surface area contributed by atoms with E-state index in [0.29, 0.717) is 5.56 Å². The lowest BCUT2D eigenvalue weighted by molar-refractivity contribution is 1.13. The summed E-state index contributed by atoms with van der Waals surface area (Å²) < 4.78 is 4.66. The zero-order valence-corrected chi connectivity index (χ0v) is 30.0. The Balaban J connectivity index is 1.23. The number of hydrogen-bond acceptors (Lipinski definition) is 2. The van der Waals surface area contributed by atoms with Gasteiger partial charge in [-0.25, -0.2) is 0 Å². The van der Waals surface area contributed by atoms with Crippen molar-refractivity contribution in [3.63, 3.8) is 0 Å². The first-order chi connectivity index (χ1) is 26.6. The van der Waals surface area contributed by atoms with E-state index in [1.807, 2.05) is 24.4 Å². The van der Waals surface area contributed by atoms with Gasteiger partial charge in [-0.2, -0.15) is 5.26 Å². The van der Waals surface area contributed by atoms with E-state index >= 15 is 0 Å². The van der Waals surface area contributed by atoms with Crippen LogP contribution in [0.25, 0.3) is 88.5 Å². The second-order valence-electron chi connectivity index (χ2n) is 14.1. The Morgan fingerprint density at radius 2 is 0.981 bits per heavy atom. The number of rotatable bonds is 5. The Hall–Kier alpha value is -7.22. The monoisotopic (exact) mass is 690 g/mol. The van der Waals surface area contributed by atoms with Crippen LogP contribution in [0.15, 0.2) is 170 Å². The summed E-state index contributed by atoms with van der Waals surface area (Å²) in [4.78, 5) is 5.12. The zero-order chi connectivity index (χ0) is 36.3. The zero-order valence-electron chi connectivity index (χ0n) is 30.0. The summed E-state index contributed by atoms with van der Waals surface area (Å²) in [5.41, 5.74) is 15.8. The molecular formula is C50H34N4. The van der Waals surface area contributed by atoms with E-state index < -0.39 is 0 Å². The second-order valence-corrected chi connectivity index (χ2v) is 14.1. The fourth-order valence-corrected chi connectivity index (χ4v) is 8.25. The van der Waals surface area contributed by atoms with Crippen LogP contribution in [-0.4, -0.2) is 14.1 Å². The van der Waals surface area contributed by atoms with Crippen molar-refractivity contribution in [2.75, 3.05) is 0 Å². The maximum absolute atomic E-state index is 10.2. The van der Waals surface area contributed by atoms with Gasteiger partial charge in [-0.05, 0) is 103 Å². The number of aromatic nitrogens is 3. The van der Waals surface area contributed by atoms with Crippen LogP contribution in [0.4, 0.5) is 0 Å². The SMILES string of the molecule is Cc1cccc(-c2ccc3c(c2)c2ccccc2n3-c2ccc(C#N)cc2-c2ncccc2-n2c3ccccc3c3cc(-c4cccc(C)c4)ccc32)c1. The highest BCUT2D eigenvalue weighted by molar-refractivity contribution is 6.12.